The zero-order valence-electron chi connectivity index (χ0n) is 27.3. The van der Waals surface area contributed by atoms with Crippen LogP contribution in [0.2, 0.25) is 0 Å². The summed E-state index contributed by atoms with van der Waals surface area (Å²) in [4.78, 5) is 0. The number of benzene rings is 3. The zero-order chi connectivity index (χ0) is 30.0. The summed E-state index contributed by atoms with van der Waals surface area (Å²) < 4.78 is 19.9. The smallest absolute Gasteiger partial charge is 0.244 e. The van der Waals surface area contributed by atoms with Crippen LogP contribution in [-0.4, -0.2) is 12.4 Å². The molecule has 40 heavy (non-hydrogen) atoms. The summed E-state index contributed by atoms with van der Waals surface area (Å²) in [6, 6.07) is 19.5. The van der Waals surface area contributed by atoms with Crippen molar-refractivity contribution in [3.63, 3.8) is 0 Å². The molecule has 0 radical (unpaired) electrons. The third-order valence-corrected chi connectivity index (χ3v) is 7.53. The lowest BCUT2D eigenvalue weighted by atomic mass is 9.86. The van der Waals surface area contributed by atoms with Crippen molar-refractivity contribution in [2.24, 2.45) is 0 Å². The fraction of sp³-hybridized carbons (Fsp3) is 0.514. The maximum atomic E-state index is 6.68. The number of hydrogen-bond acceptors (Lipinski definition) is 3. The Hall–Kier alpha value is -2.94. The van der Waals surface area contributed by atoms with Gasteiger partial charge in [0.2, 0.25) is 6.29 Å². The van der Waals surface area contributed by atoms with Crippen LogP contribution in [0.1, 0.15) is 109 Å². The van der Waals surface area contributed by atoms with Crippen molar-refractivity contribution in [2.45, 2.75) is 125 Å². The van der Waals surface area contributed by atoms with Crippen LogP contribution in [-0.2, 0) is 16.2 Å². The van der Waals surface area contributed by atoms with Gasteiger partial charge in [0, 0.05) is 0 Å². The van der Waals surface area contributed by atoms with Gasteiger partial charge in [0.15, 0.2) is 0 Å². The van der Waals surface area contributed by atoms with Gasteiger partial charge in [-0.1, -0.05) is 98.7 Å². The molecule has 1 unspecified atom stereocenters. The summed E-state index contributed by atoms with van der Waals surface area (Å²) in [5, 5.41) is 0. The third kappa shape index (κ3) is 8.29. The molecule has 218 valence electrons. The van der Waals surface area contributed by atoms with Gasteiger partial charge in [0.1, 0.15) is 23.4 Å². The predicted molar refractivity (Wildman–Crippen MR) is 169 cm³/mol. The number of rotatable bonds is 8. The molecule has 3 aromatic rings. The largest absolute Gasteiger partial charge is 0.490 e. The molecule has 0 saturated heterocycles. The second kappa shape index (κ2) is 11.9. The lowest BCUT2D eigenvalue weighted by Crippen LogP contribution is -2.31. The highest BCUT2D eigenvalue weighted by molar-refractivity contribution is 5.42. The van der Waals surface area contributed by atoms with E-state index in [9.17, 15) is 0 Å². The average molecular weight is 545 g/mol. The summed E-state index contributed by atoms with van der Waals surface area (Å²) in [7, 11) is 0. The molecular formula is C37H52O3. The van der Waals surface area contributed by atoms with E-state index in [4.69, 9.17) is 14.2 Å². The van der Waals surface area contributed by atoms with Gasteiger partial charge in [0.05, 0.1) is 6.42 Å². The average Bonchev–Trinajstić information content (AvgIpc) is 2.81. The molecular weight excluding hydrogens is 492 g/mol. The highest BCUT2D eigenvalue weighted by Gasteiger charge is 2.24. The standard InChI is InChI=1S/C37H52O3/c1-24-14-17-28(35(5,6)7)21-31(24)38-27(4)20-34(39-32-22-29(36(8,9)10)18-15-25(32)2)40-33-23-30(37(11,12)13)19-16-26(33)3/h14-19,21-23,27,34H,20H2,1-13H3. The van der Waals surface area contributed by atoms with Crippen molar-refractivity contribution >= 4 is 0 Å². The van der Waals surface area contributed by atoms with E-state index in [1.807, 2.05) is 0 Å². The topological polar surface area (TPSA) is 27.7 Å². The first-order valence-electron chi connectivity index (χ1n) is 14.7. The molecule has 0 N–H and O–H groups in total. The van der Waals surface area contributed by atoms with Crippen LogP contribution in [0.5, 0.6) is 17.2 Å². The quantitative estimate of drug-likeness (QED) is 0.264. The second-order valence-electron chi connectivity index (χ2n) is 14.5. The van der Waals surface area contributed by atoms with Crippen molar-refractivity contribution in [1.29, 1.82) is 0 Å². The van der Waals surface area contributed by atoms with Crippen LogP contribution in [0, 0.1) is 20.8 Å². The van der Waals surface area contributed by atoms with E-state index in [0.717, 1.165) is 33.9 Å². The van der Waals surface area contributed by atoms with Crippen molar-refractivity contribution in [3.05, 3.63) is 88.0 Å². The molecule has 0 aliphatic heterocycles. The minimum absolute atomic E-state index is 0.0196. The Balaban J connectivity index is 1.95. The highest BCUT2D eigenvalue weighted by Crippen LogP contribution is 2.33. The first-order valence-corrected chi connectivity index (χ1v) is 14.7. The van der Waals surface area contributed by atoms with Gasteiger partial charge in [-0.25, -0.2) is 0 Å². The lowest BCUT2D eigenvalue weighted by Gasteiger charge is -2.28. The minimum Gasteiger partial charge on any atom is -0.490 e. The number of ether oxygens (including phenoxy) is 3. The SMILES string of the molecule is Cc1ccc(C(C)(C)C)cc1OC(C)CC(Oc1cc(C(C)(C)C)ccc1C)Oc1cc(C(C)(C)C)ccc1C. The van der Waals surface area contributed by atoms with Gasteiger partial charge in [0.25, 0.3) is 0 Å². The minimum atomic E-state index is -0.524. The van der Waals surface area contributed by atoms with Crippen molar-refractivity contribution in [1.82, 2.24) is 0 Å². The molecule has 0 spiro atoms. The van der Waals surface area contributed by atoms with Crippen molar-refractivity contribution in [2.75, 3.05) is 0 Å². The maximum absolute atomic E-state index is 6.68. The van der Waals surface area contributed by atoms with E-state index in [2.05, 4.69) is 145 Å². The number of hydrogen-bond donors (Lipinski definition) is 0. The fourth-order valence-corrected chi connectivity index (χ4v) is 4.52. The molecule has 0 aromatic heterocycles. The summed E-state index contributed by atoms with van der Waals surface area (Å²) in [6.07, 6.45) is -0.0857. The van der Waals surface area contributed by atoms with Crippen LogP contribution in [0.15, 0.2) is 54.6 Å². The molecule has 0 bridgehead atoms. The Labute approximate surface area is 244 Å². The van der Waals surface area contributed by atoms with Crippen molar-refractivity contribution < 1.29 is 14.2 Å². The summed E-state index contributed by atoms with van der Waals surface area (Å²) in [6.45, 7) is 28.4. The molecule has 3 heteroatoms. The third-order valence-electron chi connectivity index (χ3n) is 7.53. The molecule has 0 aliphatic carbocycles. The van der Waals surface area contributed by atoms with Crippen molar-refractivity contribution in [3.8, 4) is 17.2 Å². The molecule has 0 fully saturated rings. The van der Waals surface area contributed by atoms with Gasteiger partial charge >= 0.3 is 0 Å². The van der Waals surface area contributed by atoms with Gasteiger partial charge in [-0.3, -0.25) is 0 Å². The van der Waals surface area contributed by atoms with E-state index in [1.54, 1.807) is 0 Å². The number of aryl methyl sites for hydroxylation is 3. The van der Waals surface area contributed by atoms with E-state index in [0.29, 0.717) is 6.42 Å². The van der Waals surface area contributed by atoms with Crippen LogP contribution in [0.25, 0.3) is 0 Å². The zero-order valence-corrected chi connectivity index (χ0v) is 27.3. The van der Waals surface area contributed by atoms with E-state index in [1.165, 1.54) is 16.7 Å². The Morgan fingerprint density at radius 3 is 1.10 bits per heavy atom. The monoisotopic (exact) mass is 544 g/mol. The Morgan fingerprint density at radius 2 is 0.800 bits per heavy atom. The highest BCUT2D eigenvalue weighted by atomic mass is 16.7. The summed E-state index contributed by atoms with van der Waals surface area (Å²) >= 11 is 0. The summed E-state index contributed by atoms with van der Waals surface area (Å²) in [5.41, 5.74) is 7.11. The lowest BCUT2D eigenvalue weighted by molar-refractivity contribution is -0.0243. The molecule has 3 aromatic carbocycles. The van der Waals surface area contributed by atoms with Gasteiger partial charge in [-0.05, 0) is 95.5 Å². The van der Waals surface area contributed by atoms with Crippen LogP contribution < -0.4 is 14.2 Å². The second-order valence-corrected chi connectivity index (χ2v) is 14.5. The van der Waals surface area contributed by atoms with Crippen LogP contribution in [0.3, 0.4) is 0 Å². The van der Waals surface area contributed by atoms with Gasteiger partial charge < -0.3 is 14.2 Å². The predicted octanol–water partition coefficient (Wildman–Crippen LogP) is 10.1. The molecule has 0 saturated carbocycles. The first-order chi connectivity index (χ1) is 18.3. The van der Waals surface area contributed by atoms with Gasteiger partial charge in [-0.15, -0.1) is 0 Å². The molecule has 3 rings (SSSR count). The van der Waals surface area contributed by atoms with E-state index >= 15 is 0 Å². The van der Waals surface area contributed by atoms with Gasteiger partial charge in [-0.2, -0.15) is 0 Å². The van der Waals surface area contributed by atoms with E-state index < -0.39 is 6.29 Å². The molecule has 0 aliphatic rings. The maximum Gasteiger partial charge on any atom is 0.244 e. The van der Waals surface area contributed by atoms with Crippen LogP contribution >= 0.6 is 0 Å². The Bertz CT molecular complexity index is 1230. The first kappa shape index (κ1) is 31.6. The normalized spacial score (nSPS) is 13.3. The Kier molecular flexibility index (Phi) is 9.39. The molecule has 0 amide bonds. The Morgan fingerprint density at radius 1 is 0.500 bits per heavy atom. The molecule has 1 atom stereocenters. The summed E-state index contributed by atoms with van der Waals surface area (Å²) in [5.74, 6) is 2.61. The van der Waals surface area contributed by atoms with E-state index in [-0.39, 0.29) is 22.3 Å². The molecule has 0 heterocycles. The molecule has 3 nitrogen and oxygen atoms in total. The fourth-order valence-electron chi connectivity index (χ4n) is 4.52. The van der Waals surface area contributed by atoms with Crippen LogP contribution in [0.4, 0.5) is 0 Å².